The minimum Gasteiger partial charge on any atom is -0.504 e. The number of ether oxygens (including phenoxy) is 2. The smallest absolute Gasteiger partial charge is 0.271 e. The van der Waals surface area contributed by atoms with Crippen LogP contribution in [0.3, 0.4) is 0 Å². The van der Waals surface area contributed by atoms with Crippen molar-refractivity contribution < 1.29 is 23.8 Å². The summed E-state index contributed by atoms with van der Waals surface area (Å²) in [6.45, 7) is 4.14. The molecule has 0 aromatic heterocycles. The molecule has 1 amide bonds. The van der Waals surface area contributed by atoms with E-state index in [-0.39, 0.29) is 17.3 Å². The lowest BCUT2D eigenvalue weighted by atomic mass is 10.1. The van der Waals surface area contributed by atoms with Crippen molar-refractivity contribution in [3.05, 3.63) is 83.2 Å². The molecular weight excluding hydrogens is 463 g/mol. The Hall–Kier alpha value is -4.11. The number of phenolic OH excluding ortho intramolecular Hbond substituents is 1. The fraction of sp³-hybridized carbons (Fsp3) is 0.259. The lowest BCUT2D eigenvalue weighted by molar-refractivity contribution is 0.0954. The fourth-order valence-corrected chi connectivity index (χ4v) is 4.11. The van der Waals surface area contributed by atoms with Crippen LogP contribution < -0.4 is 19.8 Å². The monoisotopic (exact) mass is 492 g/mol. The van der Waals surface area contributed by atoms with Gasteiger partial charge in [0.2, 0.25) is 0 Å². The number of aromatic hydroxyl groups is 1. The second-order valence-electron chi connectivity index (χ2n) is 8.40. The van der Waals surface area contributed by atoms with Crippen molar-refractivity contribution in [3.8, 4) is 17.2 Å². The molecule has 36 heavy (non-hydrogen) atoms. The summed E-state index contributed by atoms with van der Waals surface area (Å²) in [5.41, 5.74) is 5.68. The second-order valence-corrected chi connectivity index (χ2v) is 8.40. The zero-order valence-corrected chi connectivity index (χ0v) is 20.3. The predicted molar refractivity (Wildman–Crippen MR) is 137 cm³/mol. The maximum atomic E-state index is 13.2. The van der Waals surface area contributed by atoms with Crippen molar-refractivity contribution in [2.45, 2.75) is 6.54 Å². The Kier molecular flexibility index (Phi) is 8.02. The van der Waals surface area contributed by atoms with E-state index in [1.54, 1.807) is 13.3 Å². The van der Waals surface area contributed by atoms with Gasteiger partial charge >= 0.3 is 0 Å². The fourth-order valence-electron chi connectivity index (χ4n) is 4.11. The van der Waals surface area contributed by atoms with Gasteiger partial charge in [0.1, 0.15) is 11.6 Å². The number of carbonyl (C=O) groups excluding carboxylic acids is 1. The molecule has 1 fully saturated rings. The summed E-state index contributed by atoms with van der Waals surface area (Å²) >= 11 is 0. The number of amides is 1. The highest BCUT2D eigenvalue weighted by atomic mass is 19.1. The Labute approximate surface area is 209 Å². The molecule has 0 unspecified atom stereocenters. The first-order valence-corrected chi connectivity index (χ1v) is 11.6. The number of rotatable bonds is 8. The number of hydrogen-bond acceptors (Lipinski definition) is 7. The molecule has 1 saturated heterocycles. The number of carbonyl (C=O) groups is 1. The van der Waals surface area contributed by atoms with Crippen LogP contribution in [0, 0.1) is 5.82 Å². The maximum Gasteiger partial charge on any atom is 0.271 e. The van der Waals surface area contributed by atoms with Crippen LogP contribution in [0.5, 0.6) is 17.2 Å². The van der Waals surface area contributed by atoms with Crippen LogP contribution in [0.1, 0.15) is 21.5 Å². The van der Waals surface area contributed by atoms with Crippen LogP contribution >= 0.6 is 0 Å². The molecule has 0 saturated carbocycles. The van der Waals surface area contributed by atoms with Gasteiger partial charge in [-0.3, -0.25) is 9.69 Å². The van der Waals surface area contributed by atoms with E-state index in [1.807, 2.05) is 30.3 Å². The van der Waals surface area contributed by atoms with Gasteiger partial charge in [-0.1, -0.05) is 0 Å². The summed E-state index contributed by atoms with van der Waals surface area (Å²) in [5, 5.41) is 13.8. The van der Waals surface area contributed by atoms with E-state index in [1.165, 1.54) is 37.4 Å². The first-order valence-electron chi connectivity index (χ1n) is 11.6. The van der Waals surface area contributed by atoms with E-state index < -0.39 is 5.91 Å². The number of phenols is 1. The molecule has 8 nitrogen and oxygen atoms in total. The molecule has 0 radical (unpaired) electrons. The third-order valence-corrected chi connectivity index (χ3v) is 6.08. The van der Waals surface area contributed by atoms with Crippen LogP contribution in [-0.2, 0) is 6.54 Å². The number of piperazine rings is 1. The van der Waals surface area contributed by atoms with E-state index in [0.29, 0.717) is 12.1 Å². The number of anilines is 1. The molecule has 0 aliphatic carbocycles. The molecule has 0 bridgehead atoms. The third-order valence-electron chi connectivity index (χ3n) is 6.08. The molecule has 4 rings (SSSR count). The largest absolute Gasteiger partial charge is 0.504 e. The lowest BCUT2D eigenvalue weighted by Gasteiger charge is -2.36. The van der Waals surface area contributed by atoms with Gasteiger partial charge in [0.25, 0.3) is 5.91 Å². The number of nitrogens with zero attached hydrogens (tertiary/aromatic N) is 3. The van der Waals surface area contributed by atoms with Crippen LogP contribution in [0.25, 0.3) is 0 Å². The van der Waals surface area contributed by atoms with E-state index >= 15 is 0 Å². The minimum atomic E-state index is -0.419. The molecule has 3 aromatic carbocycles. The summed E-state index contributed by atoms with van der Waals surface area (Å²) < 4.78 is 23.8. The van der Waals surface area contributed by atoms with E-state index in [4.69, 9.17) is 9.47 Å². The normalized spacial score (nSPS) is 14.1. The highest BCUT2D eigenvalue weighted by Crippen LogP contribution is 2.26. The minimum absolute atomic E-state index is 0.0415. The molecule has 0 atom stereocenters. The summed E-state index contributed by atoms with van der Waals surface area (Å²) in [7, 11) is 3.06. The summed E-state index contributed by atoms with van der Waals surface area (Å²) in [5.74, 6) is 0.309. The van der Waals surface area contributed by atoms with E-state index in [9.17, 15) is 14.3 Å². The van der Waals surface area contributed by atoms with Gasteiger partial charge in [-0.15, -0.1) is 0 Å². The Morgan fingerprint density at radius 2 is 1.72 bits per heavy atom. The second kappa shape index (κ2) is 11.5. The van der Waals surface area contributed by atoms with Gasteiger partial charge < -0.3 is 19.5 Å². The Bertz CT molecular complexity index is 1220. The molecule has 2 N–H and O–H groups in total. The van der Waals surface area contributed by atoms with Crippen molar-refractivity contribution in [1.82, 2.24) is 10.3 Å². The maximum absolute atomic E-state index is 13.2. The molecule has 1 heterocycles. The molecule has 1 aliphatic rings. The number of benzene rings is 3. The van der Waals surface area contributed by atoms with E-state index in [2.05, 4.69) is 20.3 Å². The highest BCUT2D eigenvalue weighted by Gasteiger charge is 2.19. The average molecular weight is 493 g/mol. The zero-order chi connectivity index (χ0) is 25.5. The molecule has 0 spiro atoms. The first kappa shape index (κ1) is 25.0. The number of hydrogen-bond donors (Lipinski definition) is 2. The van der Waals surface area contributed by atoms with Crippen molar-refractivity contribution in [2.24, 2.45) is 5.10 Å². The topological polar surface area (TPSA) is 86.6 Å². The Balaban J connectivity index is 1.36. The quantitative estimate of drug-likeness (QED) is 0.369. The van der Waals surface area contributed by atoms with Gasteiger partial charge in [0.05, 0.1) is 20.4 Å². The molecule has 3 aromatic rings. The molecule has 188 valence electrons. The van der Waals surface area contributed by atoms with Crippen LogP contribution in [-0.4, -0.2) is 62.5 Å². The number of halogens is 1. The number of methoxy groups -OCH3 is 2. The number of nitrogens with one attached hydrogen (secondary N) is 1. The van der Waals surface area contributed by atoms with Crippen molar-refractivity contribution in [1.29, 1.82) is 0 Å². The zero-order valence-electron chi connectivity index (χ0n) is 20.3. The van der Waals surface area contributed by atoms with Crippen molar-refractivity contribution in [2.75, 3.05) is 45.3 Å². The van der Waals surface area contributed by atoms with E-state index in [0.717, 1.165) is 48.7 Å². The first-order chi connectivity index (χ1) is 17.5. The average Bonchev–Trinajstić information content (AvgIpc) is 2.90. The molecular formula is C27H29FN4O4. The van der Waals surface area contributed by atoms with Gasteiger partial charge in [-0.2, -0.15) is 5.10 Å². The van der Waals surface area contributed by atoms with Crippen LogP contribution in [0.4, 0.5) is 10.1 Å². The van der Waals surface area contributed by atoms with Gasteiger partial charge in [0, 0.05) is 49.5 Å². The summed E-state index contributed by atoms with van der Waals surface area (Å²) in [6, 6.07) is 16.7. The summed E-state index contributed by atoms with van der Waals surface area (Å²) in [4.78, 5) is 17.0. The highest BCUT2D eigenvalue weighted by molar-refractivity contribution is 5.95. The standard InChI is InChI=1S/C27H29FN4O4/c1-35-25-10-3-19(17-29-30-27(34)20-4-9-24(33)26(16-20)36-2)15-21(25)18-31-11-13-32(14-12-31)23-7-5-22(28)6-8-23/h3-10,15-17,33H,11-14,18H2,1-2H3,(H,30,34)/b29-17+. The number of hydrazone groups is 1. The lowest BCUT2D eigenvalue weighted by Crippen LogP contribution is -2.46. The Morgan fingerprint density at radius 3 is 2.42 bits per heavy atom. The predicted octanol–water partition coefficient (Wildman–Crippen LogP) is 3.63. The van der Waals surface area contributed by atoms with Gasteiger partial charge in [0.15, 0.2) is 11.5 Å². The molecule has 1 aliphatic heterocycles. The molecule has 9 heteroatoms. The SMILES string of the molecule is COc1cc(C(=O)N/N=C/c2ccc(OC)c(CN3CCN(c4ccc(F)cc4)CC3)c2)ccc1O. The van der Waals surface area contributed by atoms with Crippen LogP contribution in [0.2, 0.25) is 0 Å². The van der Waals surface area contributed by atoms with Crippen molar-refractivity contribution in [3.63, 3.8) is 0 Å². The van der Waals surface area contributed by atoms with Gasteiger partial charge in [-0.25, -0.2) is 9.82 Å². The Morgan fingerprint density at radius 1 is 1.00 bits per heavy atom. The third kappa shape index (κ3) is 6.11. The van der Waals surface area contributed by atoms with Crippen molar-refractivity contribution >= 4 is 17.8 Å². The van der Waals surface area contributed by atoms with Crippen LogP contribution in [0.15, 0.2) is 65.8 Å². The van der Waals surface area contributed by atoms with Gasteiger partial charge in [-0.05, 0) is 66.2 Å². The summed E-state index contributed by atoms with van der Waals surface area (Å²) in [6.07, 6.45) is 1.57.